The first-order valence-electron chi connectivity index (χ1n) is 9.64. The minimum absolute atomic E-state index is 0.147. The summed E-state index contributed by atoms with van der Waals surface area (Å²) in [7, 11) is 0. The number of hydrogen-bond donors (Lipinski definition) is 0. The zero-order valence-corrected chi connectivity index (χ0v) is 15.7. The largest absolute Gasteiger partial charge is 0.486 e. The van der Waals surface area contributed by atoms with Crippen molar-refractivity contribution < 1.29 is 9.53 Å². The molecule has 1 heterocycles. The predicted molar refractivity (Wildman–Crippen MR) is 105 cm³/mol. The van der Waals surface area contributed by atoms with Crippen LogP contribution in [0, 0.1) is 5.92 Å². The topological polar surface area (TPSA) is 47.4 Å². The number of imidazole rings is 1. The summed E-state index contributed by atoms with van der Waals surface area (Å²) in [5.74, 6) is 2.41. The quantitative estimate of drug-likeness (QED) is 0.610. The number of para-hydroxylation sites is 3. The Labute approximate surface area is 159 Å². The van der Waals surface area contributed by atoms with E-state index < -0.39 is 0 Å². The van der Waals surface area contributed by atoms with Gasteiger partial charge in [0.05, 0.1) is 11.0 Å². The number of benzene rings is 2. The van der Waals surface area contributed by atoms with Gasteiger partial charge in [0.2, 0.25) is 5.91 Å². The van der Waals surface area contributed by atoms with E-state index in [0.717, 1.165) is 35.7 Å². The lowest BCUT2D eigenvalue weighted by Gasteiger charge is -2.21. The van der Waals surface area contributed by atoms with Gasteiger partial charge in [-0.25, -0.2) is 4.98 Å². The molecule has 0 saturated heterocycles. The Balaban J connectivity index is 1.56. The van der Waals surface area contributed by atoms with Crippen molar-refractivity contribution in [1.82, 2.24) is 14.5 Å². The molecule has 5 nitrogen and oxygen atoms in total. The standard InChI is InChI=1S/C22H25N3O2/c1-2-24(14-17-12-13-17)22(26)15-25-20-11-7-6-10-19(20)23-21(25)16-27-18-8-4-3-5-9-18/h3-11,17H,2,12-16H2,1H3. The second-order valence-electron chi connectivity index (χ2n) is 7.08. The highest BCUT2D eigenvalue weighted by atomic mass is 16.5. The molecule has 1 aliphatic rings. The van der Waals surface area contributed by atoms with Crippen LogP contribution in [0.2, 0.25) is 0 Å². The van der Waals surface area contributed by atoms with Crippen molar-refractivity contribution in [3.63, 3.8) is 0 Å². The first-order valence-corrected chi connectivity index (χ1v) is 9.64. The van der Waals surface area contributed by atoms with Gasteiger partial charge in [-0.15, -0.1) is 0 Å². The highest BCUT2D eigenvalue weighted by Crippen LogP contribution is 2.29. The lowest BCUT2D eigenvalue weighted by atomic mass is 10.3. The van der Waals surface area contributed by atoms with Crippen LogP contribution in [0.4, 0.5) is 0 Å². The third-order valence-corrected chi connectivity index (χ3v) is 5.05. The Hall–Kier alpha value is -2.82. The van der Waals surface area contributed by atoms with Crippen LogP contribution < -0.4 is 4.74 Å². The van der Waals surface area contributed by atoms with E-state index in [1.807, 2.05) is 71.0 Å². The first kappa shape index (κ1) is 17.6. The Bertz CT molecular complexity index is 916. The smallest absolute Gasteiger partial charge is 0.242 e. The summed E-state index contributed by atoms with van der Waals surface area (Å²) in [6.07, 6.45) is 2.49. The Morgan fingerprint density at radius 1 is 1.15 bits per heavy atom. The number of hydrogen-bond acceptors (Lipinski definition) is 3. The molecule has 27 heavy (non-hydrogen) atoms. The third kappa shape index (κ3) is 4.13. The fourth-order valence-electron chi connectivity index (χ4n) is 3.33. The van der Waals surface area contributed by atoms with Gasteiger partial charge in [0.15, 0.2) is 0 Å². The lowest BCUT2D eigenvalue weighted by Crippen LogP contribution is -2.35. The Morgan fingerprint density at radius 3 is 2.63 bits per heavy atom. The van der Waals surface area contributed by atoms with Crippen LogP contribution in [-0.2, 0) is 17.9 Å². The number of ether oxygens (including phenoxy) is 1. The minimum Gasteiger partial charge on any atom is -0.486 e. The molecule has 140 valence electrons. The van der Waals surface area contributed by atoms with Crippen LogP contribution in [0.25, 0.3) is 11.0 Å². The maximum Gasteiger partial charge on any atom is 0.242 e. The van der Waals surface area contributed by atoms with Gasteiger partial charge in [-0.3, -0.25) is 4.79 Å². The van der Waals surface area contributed by atoms with Gasteiger partial charge in [0, 0.05) is 13.1 Å². The van der Waals surface area contributed by atoms with E-state index in [4.69, 9.17) is 9.72 Å². The molecule has 1 aliphatic carbocycles. The molecule has 1 fully saturated rings. The van der Waals surface area contributed by atoms with E-state index in [9.17, 15) is 4.79 Å². The maximum atomic E-state index is 12.9. The average Bonchev–Trinajstić information content (AvgIpc) is 3.46. The minimum atomic E-state index is 0.147. The van der Waals surface area contributed by atoms with Crippen LogP contribution in [0.5, 0.6) is 5.75 Å². The Kier molecular flexibility index (Phi) is 5.10. The average molecular weight is 363 g/mol. The van der Waals surface area contributed by atoms with Crippen molar-refractivity contribution in [3.05, 3.63) is 60.4 Å². The van der Waals surface area contributed by atoms with E-state index in [1.54, 1.807) is 0 Å². The SMILES string of the molecule is CCN(CC1CC1)C(=O)Cn1c(COc2ccccc2)nc2ccccc21. The summed E-state index contributed by atoms with van der Waals surface area (Å²) in [4.78, 5) is 19.6. The molecule has 3 aromatic rings. The van der Waals surface area contributed by atoms with Crippen molar-refractivity contribution >= 4 is 16.9 Å². The molecule has 0 N–H and O–H groups in total. The number of likely N-dealkylation sites (N-methyl/N-ethyl adjacent to an activating group) is 1. The number of carbonyl (C=O) groups is 1. The van der Waals surface area contributed by atoms with Crippen LogP contribution >= 0.6 is 0 Å². The molecule has 1 saturated carbocycles. The van der Waals surface area contributed by atoms with Gasteiger partial charge in [-0.1, -0.05) is 30.3 Å². The van der Waals surface area contributed by atoms with Gasteiger partial charge < -0.3 is 14.2 Å². The second-order valence-corrected chi connectivity index (χ2v) is 7.08. The molecule has 0 bridgehead atoms. The normalized spacial score (nSPS) is 13.7. The summed E-state index contributed by atoms with van der Waals surface area (Å²) in [6.45, 7) is 4.30. The van der Waals surface area contributed by atoms with Gasteiger partial charge in [-0.2, -0.15) is 0 Å². The second kappa shape index (κ2) is 7.82. The number of nitrogens with zero attached hydrogens (tertiary/aromatic N) is 3. The molecule has 0 radical (unpaired) electrons. The molecule has 2 aromatic carbocycles. The monoisotopic (exact) mass is 363 g/mol. The fourth-order valence-corrected chi connectivity index (χ4v) is 3.33. The zero-order valence-electron chi connectivity index (χ0n) is 15.7. The van der Waals surface area contributed by atoms with Crippen molar-refractivity contribution in [3.8, 4) is 5.75 Å². The maximum absolute atomic E-state index is 12.9. The third-order valence-electron chi connectivity index (χ3n) is 5.05. The van der Waals surface area contributed by atoms with Crippen LogP contribution in [0.1, 0.15) is 25.6 Å². The fraction of sp³-hybridized carbons (Fsp3) is 0.364. The molecule has 5 heteroatoms. The van der Waals surface area contributed by atoms with E-state index in [1.165, 1.54) is 12.8 Å². The lowest BCUT2D eigenvalue weighted by molar-refractivity contribution is -0.131. The van der Waals surface area contributed by atoms with E-state index >= 15 is 0 Å². The summed E-state index contributed by atoms with van der Waals surface area (Å²) in [5, 5.41) is 0. The molecule has 0 spiro atoms. The zero-order chi connectivity index (χ0) is 18.6. The number of aromatic nitrogens is 2. The molecule has 1 amide bonds. The van der Waals surface area contributed by atoms with Gasteiger partial charge in [0.1, 0.15) is 24.7 Å². The van der Waals surface area contributed by atoms with E-state index in [-0.39, 0.29) is 5.91 Å². The van der Waals surface area contributed by atoms with Crippen molar-refractivity contribution in [2.75, 3.05) is 13.1 Å². The van der Waals surface area contributed by atoms with E-state index in [0.29, 0.717) is 19.1 Å². The molecule has 1 aromatic heterocycles. The number of rotatable bonds is 8. The molecule has 0 unspecified atom stereocenters. The van der Waals surface area contributed by atoms with Gasteiger partial charge in [-0.05, 0) is 49.9 Å². The number of amides is 1. The summed E-state index contributed by atoms with van der Waals surface area (Å²) < 4.78 is 7.89. The van der Waals surface area contributed by atoms with Gasteiger partial charge in [0.25, 0.3) is 0 Å². The van der Waals surface area contributed by atoms with E-state index in [2.05, 4.69) is 0 Å². The summed E-state index contributed by atoms with van der Waals surface area (Å²) in [5.41, 5.74) is 1.86. The van der Waals surface area contributed by atoms with Crippen molar-refractivity contribution in [1.29, 1.82) is 0 Å². The predicted octanol–water partition coefficient (Wildman–Crippen LogP) is 3.87. The number of carbonyl (C=O) groups excluding carboxylic acids is 1. The number of fused-ring (bicyclic) bond motifs is 1. The highest BCUT2D eigenvalue weighted by molar-refractivity contribution is 5.81. The summed E-state index contributed by atoms with van der Waals surface area (Å²) >= 11 is 0. The first-order chi connectivity index (χ1) is 13.2. The molecule has 0 atom stereocenters. The summed E-state index contributed by atoms with van der Waals surface area (Å²) in [6, 6.07) is 17.6. The Morgan fingerprint density at radius 2 is 1.89 bits per heavy atom. The molecule has 0 aliphatic heterocycles. The molecular weight excluding hydrogens is 338 g/mol. The van der Waals surface area contributed by atoms with Crippen LogP contribution in [-0.4, -0.2) is 33.4 Å². The van der Waals surface area contributed by atoms with Crippen molar-refractivity contribution in [2.24, 2.45) is 5.92 Å². The van der Waals surface area contributed by atoms with Gasteiger partial charge >= 0.3 is 0 Å². The molecule has 4 rings (SSSR count). The highest BCUT2D eigenvalue weighted by Gasteiger charge is 2.26. The van der Waals surface area contributed by atoms with Crippen molar-refractivity contribution in [2.45, 2.75) is 32.9 Å². The van der Waals surface area contributed by atoms with Crippen LogP contribution in [0.3, 0.4) is 0 Å². The molecular formula is C22H25N3O2. The van der Waals surface area contributed by atoms with Crippen LogP contribution in [0.15, 0.2) is 54.6 Å².